The number of nitro benzene ring substituents is 1. The minimum absolute atomic E-state index is 0.0601. The Kier molecular flexibility index (Phi) is 4.59. The molecule has 0 aliphatic carbocycles. The van der Waals surface area contributed by atoms with Gasteiger partial charge in [0, 0.05) is 6.07 Å². The Morgan fingerprint density at radius 2 is 2.00 bits per heavy atom. The molecule has 90 valence electrons. The van der Waals surface area contributed by atoms with Crippen LogP contribution in [0, 0.1) is 10.1 Å². The number of hydrogen-bond acceptors (Lipinski definition) is 4. The second kappa shape index (κ2) is 5.95. The molecule has 1 aromatic rings. The first-order valence-corrected chi connectivity index (χ1v) is 5.19. The van der Waals surface area contributed by atoms with E-state index in [2.05, 4.69) is 5.32 Å². The quantitative estimate of drug-likeness (QED) is 0.376. The van der Waals surface area contributed by atoms with Crippen molar-refractivity contribution in [1.29, 1.82) is 0 Å². The van der Waals surface area contributed by atoms with Crippen LogP contribution >= 0.6 is 11.6 Å². The summed E-state index contributed by atoms with van der Waals surface area (Å²) in [6.07, 6.45) is -0.393. The molecule has 0 heterocycles. The third kappa shape index (κ3) is 3.84. The van der Waals surface area contributed by atoms with E-state index in [9.17, 15) is 19.7 Å². The van der Waals surface area contributed by atoms with Gasteiger partial charge in [0.25, 0.3) is 5.69 Å². The van der Waals surface area contributed by atoms with Gasteiger partial charge >= 0.3 is 0 Å². The van der Waals surface area contributed by atoms with Crippen LogP contribution < -0.4 is 5.32 Å². The van der Waals surface area contributed by atoms with Crippen molar-refractivity contribution in [3.63, 3.8) is 0 Å². The van der Waals surface area contributed by atoms with Gasteiger partial charge in [0.15, 0.2) is 5.78 Å². The lowest BCUT2D eigenvalue weighted by Crippen LogP contribution is -2.17. The number of carbonyl (C=O) groups excluding carboxylic acids is 2. The molecule has 0 aliphatic heterocycles. The van der Waals surface area contributed by atoms with Gasteiger partial charge in [-0.25, -0.2) is 0 Å². The molecule has 0 bridgehead atoms. The van der Waals surface area contributed by atoms with Crippen LogP contribution in [-0.4, -0.2) is 22.5 Å². The van der Waals surface area contributed by atoms with Crippen LogP contribution in [0.4, 0.5) is 11.4 Å². The Labute approximate surface area is 102 Å². The summed E-state index contributed by atoms with van der Waals surface area (Å²) >= 11 is 5.24. The molecular formula is C10H9ClN2O4. The van der Waals surface area contributed by atoms with Crippen LogP contribution in [0.5, 0.6) is 0 Å². The van der Waals surface area contributed by atoms with E-state index in [1.165, 1.54) is 18.2 Å². The monoisotopic (exact) mass is 256 g/mol. The highest BCUT2D eigenvalue weighted by Crippen LogP contribution is 2.23. The molecule has 17 heavy (non-hydrogen) atoms. The van der Waals surface area contributed by atoms with Gasteiger partial charge in [0.05, 0.1) is 17.2 Å². The van der Waals surface area contributed by atoms with Crippen molar-refractivity contribution in [2.24, 2.45) is 0 Å². The summed E-state index contributed by atoms with van der Waals surface area (Å²) in [7, 11) is 0. The van der Waals surface area contributed by atoms with Crippen LogP contribution in [0.1, 0.15) is 6.42 Å². The van der Waals surface area contributed by atoms with Crippen molar-refractivity contribution >= 4 is 34.7 Å². The molecule has 0 aliphatic rings. The summed E-state index contributed by atoms with van der Waals surface area (Å²) in [4.78, 5) is 32.3. The van der Waals surface area contributed by atoms with Crippen LogP contribution in [-0.2, 0) is 9.59 Å². The van der Waals surface area contributed by atoms with Gasteiger partial charge in [-0.2, -0.15) is 0 Å². The van der Waals surface area contributed by atoms with Crippen LogP contribution in [0.15, 0.2) is 24.3 Å². The molecule has 1 amide bonds. The molecule has 0 aromatic heterocycles. The van der Waals surface area contributed by atoms with E-state index in [0.29, 0.717) is 0 Å². The third-order valence-corrected chi connectivity index (χ3v) is 2.18. The van der Waals surface area contributed by atoms with E-state index < -0.39 is 23.0 Å². The van der Waals surface area contributed by atoms with Gasteiger partial charge in [-0.15, -0.1) is 11.6 Å². The number of nitrogens with one attached hydrogen (secondary N) is 1. The van der Waals surface area contributed by atoms with E-state index in [1.807, 2.05) is 0 Å². The Bertz CT molecular complexity index is 461. The van der Waals surface area contributed by atoms with Crippen molar-refractivity contribution in [2.45, 2.75) is 6.42 Å². The third-order valence-electron chi connectivity index (χ3n) is 1.88. The van der Waals surface area contributed by atoms with Crippen molar-refractivity contribution < 1.29 is 14.5 Å². The molecule has 1 rings (SSSR count). The number of ketones is 1. The van der Waals surface area contributed by atoms with E-state index in [1.54, 1.807) is 6.07 Å². The summed E-state index contributed by atoms with van der Waals surface area (Å²) in [5, 5.41) is 12.9. The first kappa shape index (κ1) is 13.1. The molecule has 7 heteroatoms. The molecule has 0 saturated carbocycles. The molecular weight excluding hydrogens is 248 g/mol. The van der Waals surface area contributed by atoms with Gasteiger partial charge in [-0.05, 0) is 6.07 Å². The molecule has 0 unspecified atom stereocenters. The topological polar surface area (TPSA) is 89.3 Å². The number of alkyl halides is 1. The molecule has 1 aromatic carbocycles. The predicted octanol–water partition coefficient (Wildman–Crippen LogP) is 1.73. The number of hydrogen-bond donors (Lipinski definition) is 1. The fourth-order valence-corrected chi connectivity index (χ4v) is 1.25. The number of nitro groups is 1. The number of anilines is 1. The van der Waals surface area contributed by atoms with E-state index in [4.69, 9.17) is 11.6 Å². The number of rotatable bonds is 5. The first-order valence-electron chi connectivity index (χ1n) is 4.65. The van der Waals surface area contributed by atoms with E-state index >= 15 is 0 Å². The SMILES string of the molecule is O=C(CCl)CC(=O)Nc1ccccc1[N+](=O)[O-]. The summed E-state index contributed by atoms with van der Waals surface area (Å²) in [5.74, 6) is -1.32. The first-order chi connectivity index (χ1) is 8.04. The Hall–Kier alpha value is -1.95. The second-order valence-corrected chi connectivity index (χ2v) is 3.44. The Morgan fingerprint density at radius 1 is 1.35 bits per heavy atom. The number of halogens is 1. The van der Waals surface area contributed by atoms with Gasteiger partial charge in [0.2, 0.25) is 5.91 Å². The maximum Gasteiger partial charge on any atom is 0.292 e. The zero-order chi connectivity index (χ0) is 12.8. The number of Topliss-reactive ketones (excluding diaryl/α,β-unsaturated/α-hetero) is 1. The number of benzene rings is 1. The zero-order valence-corrected chi connectivity index (χ0v) is 9.44. The van der Waals surface area contributed by atoms with Crippen molar-refractivity contribution in [2.75, 3.05) is 11.2 Å². The smallest absolute Gasteiger partial charge is 0.292 e. The average molecular weight is 257 g/mol. The van der Waals surface area contributed by atoms with Gasteiger partial charge in [-0.1, -0.05) is 12.1 Å². The normalized spacial score (nSPS) is 9.71. The average Bonchev–Trinajstić information content (AvgIpc) is 2.29. The van der Waals surface area contributed by atoms with Gasteiger partial charge < -0.3 is 5.32 Å². The Morgan fingerprint density at radius 3 is 2.59 bits per heavy atom. The standard InChI is InChI=1S/C10H9ClN2O4/c11-6-7(14)5-10(15)12-8-3-1-2-4-9(8)13(16)17/h1-4H,5-6H2,(H,12,15). The fraction of sp³-hybridized carbons (Fsp3) is 0.200. The summed E-state index contributed by atoms with van der Waals surface area (Å²) < 4.78 is 0. The lowest BCUT2D eigenvalue weighted by Gasteiger charge is -2.04. The van der Waals surface area contributed by atoms with Crippen LogP contribution in [0.25, 0.3) is 0 Å². The van der Waals surface area contributed by atoms with Crippen molar-refractivity contribution in [1.82, 2.24) is 0 Å². The minimum atomic E-state index is -0.620. The molecule has 0 atom stereocenters. The summed E-state index contributed by atoms with van der Waals surface area (Å²) in [5.41, 5.74) is -0.163. The fourth-order valence-electron chi connectivity index (χ4n) is 1.16. The number of para-hydroxylation sites is 2. The lowest BCUT2D eigenvalue weighted by atomic mass is 10.2. The highest BCUT2D eigenvalue weighted by molar-refractivity contribution is 6.29. The van der Waals surface area contributed by atoms with Crippen LogP contribution in [0.3, 0.4) is 0 Å². The maximum atomic E-state index is 11.3. The lowest BCUT2D eigenvalue weighted by molar-refractivity contribution is -0.383. The highest BCUT2D eigenvalue weighted by Gasteiger charge is 2.15. The molecule has 6 nitrogen and oxygen atoms in total. The van der Waals surface area contributed by atoms with Gasteiger partial charge in [0.1, 0.15) is 5.69 Å². The Balaban J connectivity index is 2.78. The number of amides is 1. The van der Waals surface area contributed by atoms with E-state index in [0.717, 1.165) is 0 Å². The number of carbonyl (C=O) groups is 2. The zero-order valence-electron chi connectivity index (χ0n) is 8.68. The molecule has 0 radical (unpaired) electrons. The van der Waals surface area contributed by atoms with E-state index in [-0.39, 0.29) is 17.3 Å². The molecule has 1 N–H and O–H groups in total. The van der Waals surface area contributed by atoms with Crippen molar-refractivity contribution in [3.8, 4) is 0 Å². The largest absolute Gasteiger partial charge is 0.320 e. The van der Waals surface area contributed by atoms with Gasteiger partial charge in [-0.3, -0.25) is 19.7 Å². The molecule has 0 fully saturated rings. The molecule has 0 spiro atoms. The summed E-state index contributed by atoms with van der Waals surface area (Å²) in [6.45, 7) is 0. The number of nitrogens with zero attached hydrogens (tertiary/aromatic N) is 1. The minimum Gasteiger partial charge on any atom is -0.320 e. The maximum absolute atomic E-state index is 11.3. The van der Waals surface area contributed by atoms with Crippen molar-refractivity contribution in [3.05, 3.63) is 34.4 Å². The summed E-state index contributed by atoms with van der Waals surface area (Å²) in [6, 6.07) is 5.68. The van der Waals surface area contributed by atoms with Crippen LogP contribution in [0.2, 0.25) is 0 Å². The highest BCUT2D eigenvalue weighted by atomic mass is 35.5. The predicted molar refractivity (Wildman–Crippen MR) is 62.1 cm³/mol. The molecule has 0 saturated heterocycles. The second-order valence-electron chi connectivity index (χ2n) is 3.17.